The van der Waals surface area contributed by atoms with Crippen molar-refractivity contribution in [3.05, 3.63) is 23.3 Å². The summed E-state index contributed by atoms with van der Waals surface area (Å²) in [6.45, 7) is 8.22. The van der Waals surface area contributed by atoms with Crippen molar-refractivity contribution in [2.45, 2.75) is 52.6 Å². The number of Topliss-reactive ketones (excluding diaryl/α,β-unsaturated/α-hetero) is 1. The van der Waals surface area contributed by atoms with Crippen molar-refractivity contribution >= 4 is 5.78 Å². The lowest BCUT2D eigenvalue weighted by molar-refractivity contribution is -0.00934. The second kappa shape index (κ2) is 4.67. The quantitative estimate of drug-likeness (QED) is 0.840. The normalized spacial score (nSPS) is 20.8. The second-order valence-corrected chi connectivity index (χ2v) is 6.28. The number of hydrogen-bond donors (Lipinski definition) is 0. The predicted octanol–water partition coefficient (Wildman–Crippen LogP) is 2.90. The fraction of sp³-hybridized carbons (Fsp3) is 0.667. The van der Waals surface area contributed by atoms with E-state index in [0.29, 0.717) is 17.8 Å². The van der Waals surface area contributed by atoms with E-state index < -0.39 is 5.60 Å². The number of fused-ring (bicyclic) bond motifs is 1. The zero-order valence-electron chi connectivity index (χ0n) is 12.4. The molecular formula is C15H22N2O2. The monoisotopic (exact) mass is 262 g/mol. The summed E-state index contributed by atoms with van der Waals surface area (Å²) in [5, 5.41) is 0. The van der Waals surface area contributed by atoms with Gasteiger partial charge in [-0.15, -0.1) is 0 Å². The van der Waals surface area contributed by atoms with Crippen molar-refractivity contribution in [2.75, 3.05) is 7.11 Å². The topological polar surface area (TPSA) is 52.1 Å². The lowest BCUT2D eigenvalue weighted by Crippen LogP contribution is -2.32. The summed E-state index contributed by atoms with van der Waals surface area (Å²) in [7, 11) is 1.67. The molecule has 1 aliphatic rings. The van der Waals surface area contributed by atoms with Crippen LogP contribution in [0.4, 0.5) is 0 Å². The van der Waals surface area contributed by atoms with Crippen molar-refractivity contribution in [3.8, 4) is 0 Å². The molecule has 1 unspecified atom stereocenters. The Morgan fingerprint density at radius 3 is 2.68 bits per heavy atom. The van der Waals surface area contributed by atoms with Crippen molar-refractivity contribution in [1.82, 2.24) is 9.97 Å². The Hall–Kier alpha value is -1.29. The van der Waals surface area contributed by atoms with Gasteiger partial charge < -0.3 is 4.74 Å². The lowest BCUT2D eigenvalue weighted by Gasteiger charge is -2.31. The molecule has 0 radical (unpaired) electrons. The highest BCUT2D eigenvalue weighted by Crippen LogP contribution is 2.34. The molecule has 1 aliphatic carbocycles. The van der Waals surface area contributed by atoms with Gasteiger partial charge in [-0.3, -0.25) is 4.79 Å². The zero-order chi connectivity index (χ0) is 14.3. The number of carbonyl (C=O) groups is 1. The van der Waals surface area contributed by atoms with Crippen molar-refractivity contribution in [1.29, 1.82) is 0 Å². The molecule has 4 heteroatoms. The summed E-state index contributed by atoms with van der Waals surface area (Å²) < 4.78 is 5.53. The van der Waals surface area contributed by atoms with Crippen molar-refractivity contribution < 1.29 is 9.53 Å². The van der Waals surface area contributed by atoms with Gasteiger partial charge in [0.2, 0.25) is 0 Å². The summed E-state index contributed by atoms with van der Waals surface area (Å²) in [6, 6.07) is 0. The molecule has 1 heterocycles. The first-order chi connectivity index (χ1) is 8.81. The van der Waals surface area contributed by atoms with Crippen LogP contribution in [0.3, 0.4) is 0 Å². The molecule has 1 atom stereocenters. The highest BCUT2D eigenvalue weighted by molar-refractivity contribution is 5.98. The fourth-order valence-electron chi connectivity index (χ4n) is 2.48. The van der Waals surface area contributed by atoms with E-state index in [1.54, 1.807) is 13.3 Å². The van der Waals surface area contributed by atoms with Gasteiger partial charge in [0.1, 0.15) is 5.60 Å². The molecule has 104 valence electrons. The Bertz CT molecular complexity index is 505. The van der Waals surface area contributed by atoms with E-state index in [4.69, 9.17) is 4.74 Å². The van der Waals surface area contributed by atoms with Gasteiger partial charge in [0.15, 0.2) is 11.6 Å². The van der Waals surface area contributed by atoms with Gasteiger partial charge in [-0.05, 0) is 25.2 Å². The van der Waals surface area contributed by atoms with Crippen molar-refractivity contribution in [2.24, 2.45) is 5.41 Å². The molecule has 0 bridgehead atoms. The van der Waals surface area contributed by atoms with Gasteiger partial charge in [0.05, 0.1) is 11.3 Å². The molecule has 4 nitrogen and oxygen atoms in total. The van der Waals surface area contributed by atoms with E-state index in [1.807, 2.05) is 13.8 Å². The maximum absolute atomic E-state index is 12.1. The Morgan fingerprint density at radius 1 is 1.42 bits per heavy atom. The second-order valence-electron chi connectivity index (χ2n) is 6.28. The third-order valence-electron chi connectivity index (χ3n) is 4.05. The maximum Gasteiger partial charge on any atom is 0.166 e. The summed E-state index contributed by atoms with van der Waals surface area (Å²) in [4.78, 5) is 21.1. The number of ether oxygens (including phenoxy) is 1. The summed E-state index contributed by atoms with van der Waals surface area (Å²) in [5.74, 6) is 0.815. The first kappa shape index (κ1) is 14.1. The van der Waals surface area contributed by atoms with E-state index in [1.165, 1.54) is 0 Å². The average Bonchev–Trinajstić information content (AvgIpc) is 2.35. The largest absolute Gasteiger partial charge is 0.371 e. The lowest BCUT2D eigenvalue weighted by atomic mass is 9.76. The predicted molar refractivity (Wildman–Crippen MR) is 73.1 cm³/mol. The smallest absolute Gasteiger partial charge is 0.166 e. The molecule has 19 heavy (non-hydrogen) atoms. The molecule has 0 saturated carbocycles. The molecule has 1 aromatic heterocycles. The van der Waals surface area contributed by atoms with Gasteiger partial charge in [-0.2, -0.15) is 0 Å². The van der Waals surface area contributed by atoms with Gasteiger partial charge in [-0.1, -0.05) is 20.8 Å². The molecule has 0 amide bonds. The van der Waals surface area contributed by atoms with Gasteiger partial charge in [0.25, 0.3) is 0 Å². The van der Waals surface area contributed by atoms with Gasteiger partial charge >= 0.3 is 0 Å². The number of aromatic nitrogens is 2. The van der Waals surface area contributed by atoms with Gasteiger partial charge in [-0.25, -0.2) is 9.97 Å². The Labute approximate surface area is 114 Å². The van der Waals surface area contributed by atoms with E-state index in [-0.39, 0.29) is 11.2 Å². The molecular weight excluding hydrogens is 240 g/mol. The highest BCUT2D eigenvalue weighted by atomic mass is 16.5. The molecule has 0 N–H and O–H groups in total. The third-order valence-corrected chi connectivity index (χ3v) is 4.05. The molecule has 0 aliphatic heterocycles. The van der Waals surface area contributed by atoms with Crippen LogP contribution in [-0.4, -0.2) is 22.9 Å². The first-order valence-corrected chi connectivity index (χ1v) is 6.76. The van der Waals surface area contributed by atoms with Crippen LogP contribution in [0.25, 0.3) is 0 Å². The Morgan fingerprint density at radius 2 is 2.11 bits per heavy atom. The van der Waals surface area contributed by atoms with Crippen LogP contribution in [0.15, 0.2) is 6.20 Å². The van der Waals surface area contributed by atoms with Crippen LogP contribution in [-0.2, 0) is 16.8 Å². The third kappa shape index (κ3) is 2.54. The Kier molecular flexibility index (Phi) is 3.47. The SMILES string of the molecule is CCC(C)(OC)c1ncc2c(n1)CC(C)(C)CC2=O. The number of rotatable bonds is 3. The molecule has 0 spiro atoms. The minimum Gasteiger partial charge on any atom is -0.371 e. The molecule has 0 saturated heterocycles. The van der Waals surface area contributed by atoms with E-state index in [0.717, 1.165) is 18.5 Å². The first-order valence-electron chi connectivity index (χ1n) is 6.76. The van der Waals surface area contributed by atoms with E-state index >= 15 is 0 Å². The van der Waals surface area contributed by atoms with Crippen molar-refractivity contribution in [3.63, 3.8) is 0 Å². The number of methoxy groups -OCH3 is 1. The van der Waals surface area contributed by atoms with Crippen LogP contribution < -0.4 is 0 Å². The highest BCUT2D eigenvalue weighted by Gasteiger charge is 2.34. The van der Waals surface area contributed by atoms with Crippen LogP contribution in [0.1, 0.15) is 62.4 Å². The Balaban J connectivity index is 2.47. The summed E-state index contributed by atoms with van der Waals surface area (Å²) in [5.41, 5.74) is 1.03. The summed E-state index contributed by atoms with van der Waals surface area (Å²) in [6.07, 6.45) is 3.84. The van der Waals surface area contributed by atoms with E-state index in [9.17, 15) is 4.79 Å². The van der Waals surface area contributed by atoms with Crippen LogP contribution in [0.5, 0.6) is 0 Å². The fourth-order valence-corrected chi connectivity index (χ4v) is 2.48. The molecule has 0 fully saturated rings. The number of ketones is 1. The van der Waals surface area contributed by atoms with E-state index in [2.05, 4.69) is 23.8 Å². The number of hydrogen-bond acceptors (Lipinski definition) is 4. The number of nitrogens with zero attached hydrogens (tertiary/aromatic N) is 2. The zero-order valence-corrected chi connectivity index (χ0v) is 12.4. The molecule has 1 aromatic rings. The number of carbonyl (C=O) groups excluding carboxylic acids is 1. The molecule has 0 aromatic carbocycles. The maximum atomic E-state index is 12.1. The molecule has 2 rings (SSSR count). The average molecular weight is 262 g/mol. The minimum atomic E-state index is -0.486. The van der Waals surface area contributed by atoms with Crippen LogP contribution in [0, 0.1) is 5.41 Å². The van der Waals surface area contributed by atoms with Crippen LogP contribution in [0.2, 0.25) is 0 Å². The summed E-state index contributed by atoms with van der Waals surface area (Å²) >= 11 is 0. The van der Waals surface area contributed by atoms with Crippen LogP contribution >= 0.6 is 0 Å². The standard InChI is InChI=1S/C15H22N2O2/c1-6-15(4,19-5)13-16-9-10-11(17-13)7-14(2,3)8-12(10)18/h9H,6-8H2,1-5H3. The minimum absolute atomic E-state index is 0.0224. The van der Waals surface area contributed by atoms with Gasteiger partial charge in [0, 0.05) is 19.7 Å².